The van der Waals surface area contributed by atoms with E-state index in [0.717, 1.165) is 35.7 Å². The van der Waals surface area contributed by atoms with Crippen LogP contribution in [0.2, 0.25) is 10.0 Å². The number of rotatable bonds is 6. The minimum Gasteiger partial charge on any atom is -0.308 e. The molecular weight excluding hydrogens is 283 g/mol. The lowest BCUT2D eigenvalue weighted by molar-refractivity contribution is 0.517. The van der Waals surface area contributed by atoms with Gasteiger partial charge in [0.1, 0.15) is 0 Å². The molecule has 0 bridgehead atoms. The summed E-state index contributed by atoms with van der Waals surface area (Å²) in [7, 11) is 0. The Morgan fingerprint density at radius 1 is 1.37 bits per heavy atom. The highest BCUT2D eigenvalue weighted by Gasteiger charge is 2.16. The third kappa shape index (κ3) is 3.93. The Kier molecular flexibility index (Phi) is 5.19. The molecule has 0 aliphatic rings. The zero-order valence-corrected chi connectivity index (χ0v) is 12.2. The Morgan fingerprint density at radius 2 is 2.21 bits per heavy atom. The highest BCUT2D eigenvalue weighted by molar-refractivity contribution is 6.33. The predicted octanol–water partition coefficient (Wildman–Crippen LogP) is 3.39. The Labute approximate surface area is 122 Å². The summed E-state index contributed by atoms with van der Waals surface area (Å²) in [4.78, 5) is 0. The molecule has 0 saturated carbocycles. The van der Waals surface area contributed by atoms with Crippen molar-refractivity contribution in [2.24, 2.45) is 0 Å². The van der Waals surface area contributed by atoms with Crippen molar-refractivity contribution in [1.82, 2.24) is 20.7 Å². The lowest BCUT2D eigenvalue weighted by Crippen LogP contribution is -2.24. The van der Waals surface area contributed by atoms with E-state index in [0.29, 0.717) is 5.02 Å². The van der Waals surface area contributed by atoms with Crippen molar-refractivity contribution in [3.63, 3.8) is 0 Å². The van der Waals surface area contributed by atoms with Crippen LogP contribution in [-0.2, 0) is 6.42 Å². The Hall–Kier alpha value is -1.10. The van der Waals surface area contributed by atoms with E-state index in [9.17, 15) is 0 Å². The van der Waals surface area contributed by atoms with Crippen molar-refractivity contribution in [2.75, 3.05) is 6.54 Å². The highest BCUT2D eigenvalue weighted by Crippen LogP contribution is 2.25. The molecule has 19 heavy (non-hydrogen) atoms. The van der Waals surface area contributed by atoms with E-state index in [1.54, 1.807) is 12.3 Å². The smallest absolute Gasteiger partial charge is 0.0997 e. The van der Waals surface area contributed by atoms with Crippen LogP contribution in [0.5, 0.6) is 0 Å². The van der Waals surface area contributed by atoms with Gasteiger partial charge in [0, 0.05) is 10.0 Å². The molecule has 2 N–H and O–H groups in total. The second kappa shape index (κ2) is 6.89. The van der Waals surface area contributed by atoms with E-state index in [4.69, 9.17) is 23.2 Å². The van der Waals surface area contributed by atoms with E-state index in [1.807, 2.05) is 12.1 Å². The molecule has 1 aromatic heterocycles. The average Bonchev–Trinajstić information content (AvgIpc) is 2.92. The summed E-state index contributed by atoms with van der Waals surface area (Å²) in [6.45, 7) is 3.04. The van der Waals surface area contributed by atoms with Crippen molar-refractivity contribution < 1.29 is 0 Å². The quantitative estimate of drug-likeness (QED) is 0.859. The van der Waals surface area contributed by atoms with Gasteiger partial charge in [0.15, 0.2) is 0 Å². The van der Waals surface area contributed by atoms with Crippen LogP contribution in [0.4, 0.5) is 0 Å². The van der Waals surface area contributed by atoms with Gasteiger partial charge < -0.3 is 5.32 Å². The number of aromatic nitrogens is 3. The van der Waals surface area contributed by atoms with Gasteiger partial charge in [-0.1, -0.05) is 30.1 Å². The lowest BCUT2D eigenvalue weighted by Gasteiger charge is -2.17. The fourth-order valence-electron chi connectivity index (χ4n) is 1.90. The van der Waals surface area contributed by atoms with Gasteiger partial charge in [0.25, 0.3) is 0 Å². The van der Waals surface area contributed by atoms with Crippen LogP contribution in [0.15, 0.2) is 24.4 Å². The molecule has 2 rings (SSSR count). The molecule has 102 valence electrons. The summed E-state index contributed by atoms with van der Waals surface area (Å²) < 4.78 is 0. The molecule has 0 amide bonds. The first-order valence-electron chi connectivity index (χ1n) is 6.23. The summed E-state index contributed by atoms with van der Waals surface area (Å²) in [6.07, 6.45) is 3.51. The zero-order chi connectivity index (χ0) is 13.7. The number of nitrogens with one attached hydrogen (secondary N) is 2. The van der Waals surface area contributed by atoms with E-state index >= 15 is 0 Å². The molecule has 0 fully saturated rings. The van der Waals surface area contributed by atoms with Crippen LogP contribution in [-0.4, -0.2) is 22.0 Å². The van der Waals surface area contributed by atoms with Crippen LogP contribution in [0.25, 0.3) is 0 Å². The molecule has 0 spiro atoms. The number of halogens is 2. The van der Waals surface area contributed by atoms with Gasteiger partial charge in [0.05, 0.1) is 17.9 Å². The molecule has 1 aromatic carbocycles. The van der Waals surface area contributed by atoms with E-state index in [1.165, 1.54) is 0 Å². The first kappa shape index (κ1) is 14.3. The molecule has 2 aromatic rings. The van der Waals surface area contributed by atoms with Gasteiger partial charge in [-0.3, -0.25) is 0 Å². The predicted molar refractivity (Wildman–Crippen MR) is 77.6 cm³/mol. The third-order valence-corrected chi connectivity index (χ3v) is 3.47. The fraction of sp³-hybridized carbons (Fsp3) is 0.385. The molecule has 6 heteroatoms. The largest absolute Gasteiger partial charge is 0.308 e. The van der Waals surface area contributed by atoms with Crippen LogP contribution in [0.3, 0.4) is 0 Å². The maximum atomic E-state index is 6.21. The molecule has 1 heterocycles. The lowest BCUT2D eigenvalue weighted by atomic mass is 10.0. The Morgan fingerprint density at radius 3 is 2.89 bits per heavy atom. The standard InChI is InChI=1S/C13H16Cl2N4/c1-2-5-16-12(13-8-17-19-18-13)7-9-6-10(14)3-4-11(9)15/h3-4,6,8,12,16H,2,5,7H2,1H3,(H,17,18,19). The number of hydrogen-bond acceptors (Lipinski definition) is 3. The van der Waals surface area contributed by atoms with E-state index in [2.05, 4.69) is 27.7 Å². The normalized spacial score (nSPS) is 12.6. The summed E-state index contributed by atoms with van der Waals surface area (Å²) in [5.74, 6) is 0. The van der Waals surface area contributed by atoms with Crippen LogP contribution >= 0.6 is 23.2 Å². The second-order valence-corrected chi connectivity index (χ2v) is 5.19. The molecule has 0 saturated heterocycles. The molecule has 4 nitrogen and oxygen atoms in total. The van der Waals surface area contributed by atoms with Crippen molar-refractivity contribution in [1.29, 1.82) is 0 Å². The molecule has 0 radical (unpaired) electrons. The van der Waals surface area contributed by atoms with Crippen molar-refractivity contribution in [3.8, 4) is 0 Å². The van der Waals surface area contributed by atoms with Gasteiger partial charge >= 0.3 is 0 Å². The summed E-state index contributed by atoms with van der Waals surface area (Å²) in [5.41, 5.74) is 1.88. The van der Waals surface area contributed by atoms with E-state index in [-0.39, 0.29) is 6.04 Å². The van der Waals surface area contributed by atoms with Crippen LogP contribution in [0, 0.1) is 0 Å². The minimum absolute atomic E-state index is 0.0784. The SMILES string of the molecule is CCCNC(Cc1cc(Cl)ccc1Cl)c1cn[nH]n1. The summed E-state index contributed by atoms with van der Waals surface area (Å²) in [6, 6.07) is 5.58. The summed E-state index contributed by atoms with van der Waals surface area (Å²) >= 11 is 12.2. The Balaban J connectivity index is 2.17. The summed E-state index contributed by atoms with van der Waals surface area (Å²) in [5, 5.41) is 15.5. The van der Waals surface area contributed by atoms with Crippen LogP contribution < -0.4 is 5.32 Å². The van der Waals surface area contributed by atoms with Gasteiger partial charge in [-0.05, 0) is 43.1 Å². The van der Waals surface area contributed by atoms with Gasteiger partial charge in [-0.15, -0.1) is 0 Å². The number of benzene rings is 1. The maximum absolute atomic E-state index is 6.21. The van der Waals surface area contributed by atoms with Gasteiger partial charge in [-0.2, -0.15) is 15.4 Å². The minimum atomic E-state index is 0.0784. The van der Waals surface area contributed by atoms with Crippen molar-refractivity contribution in [2.45, 2.75) is 25.8 Å². The first-order valence-corrected chi connectivity index (χ1v) is 6.99. The van der Waals surface area contributed by atoms with Crippen LogP contribution in [0.1, 0.15) is 30.6 Å². The van der Waals surface area contributed by atoms with Gasteiger partial charge in [-0.25, -0.2) is 0 Å². The first-order chi connectivity index (χ1) is 9.20. The van der Waals surface area contributed by atoms with Crippen molar-refractivity contribution >= 4 is 23.2 Å². The third-order valence-electron chi connectivity index (χ3n) is 2.86. The van der Waals surface area contributed by atoms with Gasteiger partial charge in [0.2, 0.25) is 0 Å². The fourth-order valence-corrected chi connectivity index (χ4v) is 2.29. The number of aromatic amines is 1. The molecule has 1 unspecified atom stereocenters. The average molecular weight is 299 g/mol. The topological polar surface area (TPSA) is 53.6 Å². The number of H-pyrrole nitrogens is 1. The highest BCUT2D eigenvalue weighted by atomic mass is 35.5. The second-order valence-electron chi connectivity index (χ2n) is 4.34. The monoisotopic (exact) mass is 298 g/mol. The Bertz CT molecular complexity index is 513. The number of nitrogens with zero attached hydrogens (tertiary/aromatic N) is 2. The van der Waals surface area contributed by atoms with Crippen molar-refractivity contribution in [3.05, 3.63) is 45.7 Å². The number of hydrogen-bond donors (Lipinski definition) is 2. The molecular formula is C13H16Cl2N4. The molecule has 1 atom stereocenters. The molecule has 0 aliphatic heterocycles. The maximum Gasteiger partial charge on any atom is 0.0997 e. The molecule has 0 aliphatic carbocycles. The van der Waals surface area contributed by atoms with E-state index < -0.39 is 0 Å². The zero-order valence-electron chi connectivity index (χ0n) is 10.7.